The molecule has 1 aromatic carbocycles. The first-order valence-corrected chi connectivity index (χ1v) is 9.68. The number of benzene rings is 1. The van der Waals surface area contributed by atoms with Crippen molar-refractivity contribution in [2.75, 3.05) is 18.0 Å². The third-order valence-corrected chi connectivity index (χ3v) is 5.64. The predicted molar refractivity (Wildman–Crippen MR) is 107 cm³/mol. The summed E-state index contributed by atoms with van der Waals surface area (Å²) < 4.78 is 0. The van der Waals surface area contributed by atoms with E-state index in [-0.39, 0.29) is 12.0 Å². The molecule has 6 nitrogen and oxygen atoms in total. The number of hydrogen-bond donors (Lipinski definition) is 1. The number of carbonyl (C=O) groups is 1. The molecule has 1 N–H and O–H groups in total. The number of likely N-dealkylation sites (tertiary alicyclic amines) is 1. The fourth-order valence-corrected chi connectivity index (χ4v) is 3.90. The van der Waals surface area contributed by atoms with Gasteiger partial charge in [0, 0.05) is 37.3 Å². The average molecular weight is 371 g/mol. The minimum absolute atomic E-state index is 0.184. The van der Waals surface area contributed by atoms with E-state index in [4.69, 9.17) is 5.26 Å². The summed E-state index contributed by atoms with van der Waals surface area (Å²) in [7, 11) is 0. The zero-order valence-electron chi connectivity index (χ0n) is 15.5. The van der Waals surface area contributed by atoms with Crippen molar-refractivity contribution in [2.45, 2.75) is 25.4 Å². The van der Waals surface area contributed by atoms with E-state index in [0.29, 0.717) is 5.82 Å². The number of rotatable bonds is 6. The molecule has 2 fully saturated rings. The van der Waals surface area contributed by atoms with E-state index in [2.05, 4.69) is 45.2 Å². The summed E-state index contributed by atoms with van der Waals surface area (Å²) in [5.74, 6) is 0.887. The molecule has 0 bridgehead atoms. The van der Waals surface area contributed by atoms with Gasteiger partial charge in [0.1, 0.15) is 11.5 Å². The van der Waals surface area contributed by atoms with Crippen molar-refractivity contribution >= 4 is 23.3 Å². The summed E-state index contributed by atoms with van der Waals surface area (Å²) in [4.78, 5) is 23.5. The molecule has 140 valence electrons. The molecule has 0 spiro atoms. The molecule has 28 heavy (non-hydrogen) atoms. The van der Waals surface area contributed by atoms with Gasteiger partial charge in [0.2, 0.25) is 6.41 Å². The molecule has 0 radical (unpaired) electrons. The highest BCUT2D eigenvalue weighted by atomic mass is 16.1. The van der Waals surface area contributed by atoms with Gasteiger partial charge in [-0.15, -0.1) is 0 Å². The molecular formula is C22H21N5O. The zero-order valence-corrected chi connectivity index (χ0v) is 15.5. The Kier molecular flexibility index (Phi) is 4.10. The zero-order chi connectivity index (χ0) is 19.1. The molecule has 1 saturated carbocycles. The highest BCUT2D eigenvalue weighted by molar-refractivity contribution is 5.96. The third kappa shape index (κ3) is 3.04. The third-order valence-electron chi connectivity index (χ3n) is 5.64. The summed E-state index contributed by atoms with van der Waals surface area (Å²) in [6.07, 6.45) is 4.85. The molecule has 5 rings (SSSR count). The van der Waals surface area contributed by atoms with Gasteiger partial charge in [-0.25, -0.2) is 4.98 Å². The van der Waals surface area contributed by atoms with Gasteiger partial charge in [0.25, 0.3) is 0 Å². The van der Waals surface area contributed by atoms with Crippen LogP contribution in [0.3, 0.4) is 0 Å². The van der Waals surface area contributed by atoms with E-state index >= 15 is 0 Å². The molecule has 1 amide bonds. The second-order valence-electron chi connectivity index (χ2n) is 7.73. The van der Waals surface area contributed by atoms with Crippen LogP contribution >= 0.6 is 0 Å². The Balaban J connectivity index is 1.44. The molecular weight excluding hydrogens is 350 g/mol. The van der Waals surface area contributed by atoms with Crippen LogP contribution in [0.2, 0.25) is 0 Å². The van der Waals surface area contributed by atoms with Crippen LogP contribution in [0.1, 0.15) is 18.4 Å². The Morgan fingerprint density at radius 2 is 2.04 bits per heavy atom. The largest absolute Gasteiger partial charge is 0.346 e. The van der Waals surface area contributed by atoms with E-state index in [0.717, 1.165) is 61.0 Å². The standard InChI is InChI=1S/C22H21N5O/c23-10-16-12-26(13-16)11-15-1-3-17(4-2-15)20-9-21(27(14-28)18-5-6-18)25-22-19(20)7-8-24-22/h1-4,7-9,14,16,18H,5-6,11-13H2,(H,24,25). The van der Waals surface area contributed by atoms with Gasteiger partial charge >= 0.3 is 0 Å². The first kappa shape index (κ1) is 17.0. The lowest BCUT2D eigenvalue weighted by Gasteiger charge is -2.35. The van der Waals surface area contributed by atoms with Crippen molar-refractivity contribution in [3.05, 3.63) is 48.2 Å². The van der Waals surface area contributed by atoms with Gasteiger partial charge in [0.05, 0.1) is 12.0 Å². The van der Waals surface area contributed by atoms with E-state index in [1.54, 1.807) is 4.90 Å². The first-order chi connectivity index (χ1) is 13.7. The van der Waals surface area contributed by atoms with E-state index < -0.39 is 0 Å². The predicted octanol–water partition coefficient (Wildman–Crippen LogP) is 3.31. The topological polar surface area (TPSA) is 76.0 Å². The summed E-state index contributed by atoms with van der Waals surface area (Å²) in [5, 5.41) is 9.96. The van der Waals surface area contributed by atoms with Gasteiger partial charge in [-0.2, -0.15) is 5.26 Å². The number of nitrogens with one attached hydrogen (secondary N) is 1. The summed E-state index contributed by atoms with van der Waals surface area (Å²) >= 11 is 0. The summed E-state index contributed by atoms with van der Waals surface area (Å²) in [5.41, 5.74) is 4.23. The van der Waals surface area contributed by atoms with Crippen LogP contribution in [-0.4, -0.2) is 40.4 Å². The van der Waals surface area contributed by atoms with Crippen LogP contribution in [-0.2, 0) is 11.3 Å². The molecule has 1 aliphatic carbocycles. The van der Waals surface area contributed by atoms with Crippen LogP contribution in [0.4, 0.5) is 5.82 Å². The number of aromatic amines is 1. The number of carbonyl (C=O) groups excluding carboxylic acids is 1. The number of H-pyrrole nitrogens is 1. The Morgan fingerprint density at radius 3 is 2.71 bits per heavy atom. The lowest BCUT2D eigenvalue weighted by molar-refractivity contribution is -0.107. The van der Waals surface area contributed by atoms with E-state index in [1.807, 2.05) is 18.3 Å². The SMILES string of the molecule is N#CC1CN(Cc2ccc(-c3cc(N(C=O)C4CC4)nc4[nH]ccc34)cc2)C1. The molecule has 3 heterocycles. The first-order valence-electron chi connectivity index (χ1n) is 9.68. The van der Waals surface area contributed by atoms with Crippen molar-refractivity contribution in [3.63, 3.8) is 0 Å². The van der Waals surface area contributed by atoms with Gasteiger partial charge < -0.3 is 4.98 Å². The smallest absolute Gasteiger partial charge is 0.215 e. The fourth-order valence-electron chi connectivity index (χ4n) is 3.90. The van der Waals surface area contributed by atoms with Crippen LogP contribution in [0, 0.1) is 17.2 Å². The van der Waals surface area contributed by atoms with Gasteiger partial charge in [-0.05, 0) is 41.7 Å². The normalized spacial score (nSPS) is 17.2. The highest BCUT2D eigenvalue weighted by Crippen LogP contribution is 2.35. The maximum Gasteiger partial charge on any atom is 0.215 e. The van der Waals surface area contributed by atoms with Crippen molar-refractivity contribution in [1.82, 2.24) is 14.9 Å². The number of aromatic nitrogens is 2. The van der Waals surface area contributed by atoms with Crippen molar-refractivity contribution in [3.8, 4) is 17.2 Å². The molecule has 3 aromatic rings. The minimum atomic E-state index is 0.184. The van der Waals surface area contributed by atoms with Crippen LogP contribution in [0.15, 0.2) is 42.6 Å². The number of anilines is 1. The molecule has 6 heteroatoms. The Bertz CT molecular complexity index is 1050. The minimum Gasteiger partial charge on any atom is -0.346 e. The quantitative estimate of drug-likeness (QED) is 0.675. The molecule has 0 atom stereocenters. The van der Waals surface area contributed by atoms with Gasteiger partial charge in [-0.3, -0.25) is 14.6 Å². The average Bonchev–Trinajstić information content (AvgIpc) is 3.40. The maximum atomic E-state index is 11.6. The second kappa shape index (κ2) is 6.77. The Hall–Kier alpha value is -3.17. The monoisotopic (exact) mass is 371 g/mol. The second-order valence-corrected chi connectivity index (χ2v) is 7.73. The van der Waals surface area contributed by atoms with Gasteiger partial charge in [0.15, 0.2) is 0 Å². The van der Waals surface area contributed by atoms with Crippen molar-refractivity contribution in [1.29, 1.82) is 5.26 Å². The lowest BCUT2D eigenvalue weighted by Crippen LogP contribution is -2.45. The molecule has 1 aliphatic heterocycles. The number of amides is 1. The maximum absolute atomic E-state index is 11.6. The van der Waals surface area contributed by atoms with Crippen LogP contribution in [0.25, 0.3) is 22.2 Å². The molecule has 2 aliphatic rings. The van der Waals surface area contributed by atoms with Gasteiger partial charge in [-0.1, -0.05) is 24.3 Å². The Labute approximate surface area is 163 Å². The number of nitrogens with zero attached hydrogens (tertiary/aromatic N) is 4. The highest BCUT2D eigenvalue weighted by Gasteiger charge is 2.30. The lowest BCUT2D eigenvalue weighted by atomic mass is 9.99. The van der Waals surface area contributed by atoms with E-state index in [9.17, 15) is 4.79 Å². The number of fused-ring (bicyclic) bond motifs is 1. The number of pyridine rings is 1. The van der Waals surface area contributed by atoms with Crippen molar-refractivity contribution < 1.29 is 4.79 Å². The summed E-state index contributed by atoms with van der Waals surface area (Å²) in [6.45, 7) is 2.59. The fraction of sp³-hybridized carbons (Fsp3) is 0.318. The van der Waals surface area contributed by atoms with Crippen LogP contribution < -0.4 is 4.90 Å². The number of hydrogen-bond acceptors (Lipinski definition) is 4. The Morgan fingerprint density at radius 1 is 1.25 bits per heavy atom. The molecule has 0 unspecified atom stereocenters. The molecule has 2 aromatic heterocycles. The van der Waals surface area contributed by atoms with E-state index in [1.165, 1.54) is 5.56 Å². The molecule has 1 saturated heterocycles. The van der Waals surface area contributed by atoms with Crippen LogP contribution in [0.5, 0.6) is 0 Å². The summed E-state index contributed by atoms with van der Waals surface area (Å²) in [6, 6.07) is 15.2. The van der Waals surface area contributed by atoms with Crippen molar-refractivity contribution in [2.24, 2.45) is 5.92 Å². The number of nitriles is 1.